The summed E-state index contributed by atoms with van der Waals surface area (Å²) in [5.74, 6) is -0.305. The predicted molar refractivity (Wildman–Crippen MR) is 120 cm³/mol. The van der Waals surface area contributed by atoms with Gasteiger partial charge in [-0.3, -0.25) is 9.69 Å². The number of carbonyl (C=O) groups excluding carboxylic acids is 2. The summed E-state index contributed by atoms with van der Waals surface area (Å²) >= 11 is 0. The number of nitrogens with zero attached hydrogens (tertiary/aromatic N) is 1. The van der Waals surface area contributed by atoms with Crippen LogP contribution in [0.5, 0.6) is 0 Å². The van der Waals surface area contributed by atoms with Gasteiger partial charge in [0.25, 0.3) is 0 Å². The number of carbonyl (C=O) groups is 2. The SMILES string of the molecule is CC[C@@]1(C)CN2CCC3(C(=O)Nc4ccccc43)[C@]2(C)C[C@]1(C)C(=COC)C(=O)OC. The Labute approximate surface area is 185 Å². The van der Waals surface area contributed by atoms with Gasteiger partial charge in [-0.15, -0.1) is 0 Å². The van der Waals surface area contributed by atoms with Crippen LogP contribution in [0.3, 0.4) is 0 Å². The van der Waals surface area contributed by atoms with Crippen LogP contribution in [0.1, 0.15) is 52.5 Å². The fourth-order valence-electron chi connectivity index (χ4n) is 6.75. The average molecular weight is 427 g/mol. The van der Waals surface area contributed by atoms with Crippen molar-refractivity contribution in [3.63, 3.8) is 0 Å². The highest BCUT2D eigenvalue weighted by Gasteiger charge is 2.70. The summed E-state index contributed by atoms with van der Waals surface area (Å²) in [6.07, 6.45) is 3.85. The Morgan fingerprint density at radius 1 is 1.23 bits per heavy atom. The molecule has 0 bridgehead atoms. The predicted octanol–water partition coefficient (Wildman–Crippen LogP) is 3.87. The zero-order valence-electron chi connectivity index (χ0n) is 19.5. The van der Waals surface area contributed by atoms with Crippen molar-refractivity contribution in [3.8, 4) is 0 Å². The van der Waals surface area contributed by atoms with Gasteiger partial charge in [-0.05, 0) is 43.2 Å². The minimum Gasteiger partial charge on any atom is -0.504 e. The van der Waals surface area contributed by atoms with Crippen LogP contribution in [-0.2, 0) is 24.5 Å². The Kier molecular flexibility index (Phi) is 5.00. The van der Waals surface area contributed by atoms with Crippen molar-refractivity contribution in [3.05, 3.63) is 41.7 Å². The number of hydrogen-bond acceptors (Lipinski definition) is 5. The van der Waals surface area contributed by atoms with Crippen LogP contribution in [0, 0.1) is 10.8 Å². The molecule has 1 aromatic rings. The number of benzene rings is 1. The molecule has 1 spiro atoms. The van der Waals surface area contributed by atoms with E-state index in [0.29, 0.717) is 12.0 Å². The third-order valence-electron chi connectivity index (χ3n) is 8.98. The van der Waals surface area contributed by atoms with Crippen molar-refractivity contribution in [2.45, 2.75) is 57.9 Å². The number of nitrogens with one attached hydrogen (secondary N) is 1. The topological polar surface area (TPSA) is 67.9 Å². The third kappa shape index (κ3) is 2.60. The van der Waals surface area contributed by atoms with Crippen molar-refractivity contribution in [2.24, 2.45) is 10.8 Å². The van der Waals surface area contributed by atoms with Gasteiger partial charge in [0.2, 0.25) is 5.91 Å². The van der Waals surface area contributed by atoms with E-state index in [9.17, 15) is 9.59 Å². The van der Waals surface area contributed by atoms with Gasteiger partial charge < -0.3 is 14.8 Å². The van der Waals surface area contributed by atoms with E-state index in [-0.39, 0.29) is 17.3 Å². The van der Waals surface area contributed by atoms with Gasteiger partial charge in [0.1, 0.15) is 0 Å². The molecule has 3 aliphatic heterocycles. The number of amides is 1. The summed E-state index contributed by atoms with van der Waals surface area (Å²) in [4.78, 5) is 29.0. The number of para-hydroxylation sites is 1. The molecule has 6 heteroatoms. The molecule has 31 heavy (non-hydrogen) atoms. The number of ether oxygens (including phenoxy) is 2. The van der Waals surface area contributed by atoms with Crippen molar-refractivity contribution in [1.82, 2.24) is 4.90 Å². The van der Waals surface area contributed by atoms with Crippen molar-refractivity contribution in [2.75, 3.05) is 32.6 Å². The molecule has 0 aromatic heterocycles. The van der Waals surface area contributed by atoms with Crippen molar-refractivity contribution < 1.29 is 19.1 Å². The Hall–Kier alpha value is -2.34. The zero-order valence-corrected chi connectivity index (χ0v) is 19.5. The molecule has 0 saturated carbocycles. The van der Waals surface area contributed by atoms with Crippen LogP contribution in [0.25, 0.3) is 0 Å². The maximum Gasteiger partial charge on any atom is 0.337 e. The van der Waals surface area contributed by atoms with Gasteiger partial charge in [-0.1, -0.05) is 39.0 Å². The smallest absolute Gasteiger partial charge is 0.337 e. The van der Waals surface area contributed by atoms with Crippen LogP contribution in [-0.4, -0.2) is 49.6 Å². The number of methoxy groups -OCH3 is 2. The number of esters is 1. The normalized spacial score (nSPS) is 37.4. The second-order valence-corrected chi connectivity index (χ2v) is 10.0. The lowest BCUT2D eigenvalue weighted by molar-refractivity contribution is -0.144. The lowest BCUT2D eigenvalue weighted by atomic mass is 9.49. The molecule has 0 aliphatic carbocycles. The van der Waals surface area contributed by atoms with Gasteiger partial charge in [0.05, 0.1) is 31.5 Å². The van der Waals surface area contributed by atoms with E-state index in [1.165, 1.54) is 7.11 Å². The molecule has 6 nitrogen and oxygen atoms in total. The monoisotopic (exact) mass is 426 g/mol. The van der Waals surface area contributed by atoms with E-state index in [0.717, 1.165) is 37.2 Å². The number of piperidine rings is 1. The van der Waals surface area contributed by atoms with Gasteiger partial charge in [-0.25, -0.2) is 4.79 Å². The summed E-state index contributed by atoms with van der Waals surface area (Å²) in [5, 5.41) is 3.14. The minimum atomic E-state index is -0.645. The minimum absolute atomic E-state index is 0.0662. The molecule has 4 atom stereocenters. The average Bonchev–Trinajstić information content (AvgIpc) is 3.20. The van der Waals surface area contributed by atoms with Crippen molar-refractivity contribution in [1.29, 1.82) is 0 Å². The van der Waals surface area contributed by atoms with Gasteiger partial charge in [-0.2, -0.15) is 0 Å². The first-order valence-electron chi connectivity index (χ1n) is 11.1. The van der Waals surface area contributed by atoms with E-state index in [1.807, 2.05) is 18.2 Å². The number of anilines is 1. The molecular weight excluding hydrogens is 392 g/mol. The number of hydrogen-bond donors (Lipinski definition) is 1. The molecule has 1 unspecified atom stereocenters. The maximum atomic E-state index is 13.6. The van der Waals surface area contributed by atoms with E-state index in [4.69, 9.17) is 9.47 Å². The summed E-state index contributed by atoms with van der Waals surface area (Å²) in [6, 6.07) is 8.04. The fourth-order valence-corrected chi connectivity index (χ4v) is 6.75. The van der Waals surface area contributed by atoms with Crippen LogP contribution in [0.2, 0.25) is 0 Å². The molecule has 4 rings (SSSR count). The molecule has 0 radical (unpaired) electrons. The first-order valence-corrected chi connectivity index (χ1v) is 11.1. The molecule has 1 N–H and O–H groups in total. The molecule has 3 heterocycles. The summed E-state index contributed by atoms with van der Waals surface area (Å²) in [7, 11) is 2.97. The lowest BCUT2D eigenvalue weighted by Gasteiger charge is -2.61. The Balaban J connectivity index is 1.91. The molecule has 2 saturated heterocycles. The van der Waals surface area contributed by atoms with Crippen LogP contribution in [0.15, 0.2) is 36.1 Å². The Bertz CT molecular complexity index is 959. The Morgan fingerprint density at radius 3 is 2.58 bits per heavy atom. The van der Waals surface area contributed by atoms with Crippen LogP contribution >= 0.6 is 0 Å². The van der Waals surface area contributed by atoms with Gasteiger partial charge in [0, 0.05) is 29.7 Å². The molecule has 1 aromatic carbocycles. The van der Waals surface area contributed by atoms with E-state index >= 15 is 0 Å². The molecule has 1 amide bonds. The first-order chi connectivity index (χ1) is 14.6. The lowest BCUT2D eigenvalue weighted by Crippen LogP contribution is -2.67. The number of rotatable bonds is 4. The largest absolute Gasteiger partial charge is 0.504 e. The van der Waals surface area contributed by atoms with Crippen molar-refractivity contribution >= 4 is 17.6 Å². The second-order valence-electron chi connectivity index (χ2n) is 10.0. The zero-order chi connectivity index (χ0) is 22.7. The highest BCUT2D eigenvalue weighted by atomic mass is 16.5. The molecule has 2 fully saturated rings. The maximum absolute atomic E-state index is 13.6. The second kappa shape index (κ2) is 7.09. The van der Waals surface area contributed by atoms with Crippen LogP contribution < -0.4 is 5.32 Å². The van der Waals surface area contributed by atoms with E-state index < -0.39 is 16.4 Å². The van der Waals surface area contributed by atoms with Gasteiger partial charge in [0.15, 0.2) is 0 Å². The standard InChI is InChI=1S/C25H34N2O4/c1-7-22(2)16-27-13-12-25(17-10-8-9-11-19(17)26-21(25)29)24(27,4)15-23(22,3)18(14-30-5)20(28)31-6/h8-11,14H,7,12-13,15-16H2,1-6H3,(H,26,29)/t22-,23+,24-,25?/m0/s1. The molecule has 3 aliphatic rings. The highest BCUT2D eigenvalue weighted by molar-refractivity contribution is 6.07. The Morgan fingerprint density at radius 2 is 1.94 bits per heavy atom. The molecular formula is C25H34N2O4. The summed E-state index contributed by atoms with van der Waals surface area (Å²) < 4.78 is 10.5. The third-order valence-corrected chi connectivity index (χ3v) is 8.98. The summed E-state index contributed by atoms with van der Waals surface area (Å²) in [6.45, 7) is 10.4. The first kappa shape index (κ1) is 21.9. The highest BCUT2D eigenvalue weighted by Crippen LogP contribution is 2.65. The summed E-state index contributed by atoms with van der Waals surface area (Å²) in [5.41, 5.74) is 0.694. The molecule has 168 valence electrons. The van der Waals surface area contributed by atoms with Gasteiger partial charge >= 0.3 is 5.97 Å². The van der Waals surface area contributed by atoms with E-state index in [1.54, 1.807) is 13.4 Å². The van der Waals surface area contributed by atoms with Crippen LogP contribution in [0.4, 0.5) is 5.69 Å². The van der Waals surface area contributed by atoms with E-state index in [2.05, 4.69) is 44.0 Å². The quantitative estimate of drug-likeness (QED) is 0.450. The fraction of sp³-hybridized carbons (Fsp3) is 0.600. The number of fused-ring (bicyclic) bond motifs is 4.